The maximum absolute atomic E-state index is 11.8. The van der Waals surface area contributed by atoms with Gasteiger partial charge in [0.15, 0.2) is 5.13 Å². The maximum atomic E-state index is 11.8. The van der Waals surface area contributed by atoms with Crippen molar-refractivity contribution in [1.29, 1.82) is 0 Å². The van der Waals surface area contributed by atoms with Crippen LogP contribution in [0.15, 0.2) is 35.7 Å². The van der Waals surface area contributed by atoms with E-state index in [1.807, 2.05) is 25.3 Å². The lowest BCUT2D eigenvalue weighted by atomic mass is 9.90. The molecule has 5 nitrogen and oxygen atoms in total. The first-order chi connectivity index (χ1) is 11.9. The topological polar surface area (TPSA) is 54.5 Å². The van der Waals surface area contributed by atoms with Gasteiger partial charge in [0.2, 0.25) is 0 Å². The fraction of sp³-hybridized carbons (Fsp3) is 0.474. The largest absolute Gasteiger partial charge is 0.468 e. The third-order valence-electron chi connectivity index (χ3n) is 4.13. The van der Waals surface area contributed by atoms with Gasteiger partial charge in [-0.3, -0.25) is 4.79 Å². The van der Waals surface area contributed by atoms with Crippen molar-refractivity contribution in [3.05, 3.63) is 47.0 Å². The number of ether oxygens (including phenoxy) is 1. The first-order valence-corrected chi connectivity index (χ1v) is 9.32. The standard InChI is InChI=1S/C19H27N3O2S/c1-19(2,17(23)24-4)16-14-25-18(21-16)20-11-8-12-22(3)13-15-9-6-5-7-10-15/h5-7,9-10,14H,8,11-13H2,1-4H3,(H,20,21). The molecule has 0 unspecified atom stereocenters. The molecule has 0 bridgehead atoms. The third kappa shape index (κ3) is 5.54. The highest BCUT2D eigenvalue weighted by molar-refractivity contribution is 7.13. The second kappa shape index (κ2) is 8.97. The van der Waals surface area contributed by atoms with Crippen LogP contribution in [0.5, 0.6) is 0 Å². The van der Waals surface area contributed by atoms with Gasteiger partial charge in [-0.05, 0) is 39.4 Å². The molecule has 2 rings (SSSR count). The van der Waals surface area contributed by atoms with E-state index in [2.05, 4.69) is 46.5 Å². The number of carbonyl (C=O) groups is 1. The van der Waals surface area contributed by atoms with Crippen LogP contribution in [0.3, 0.4) is 0 Å². The minimum Gasteiger partial charge on any atom is -0.468 e. The lowest BCUT2D eigenvalue weighted by molar-refractivity contribution is -0.146. The number of benzene rings is 1. The van der Waals surface area contributed by atoms with Crippen LogP contribution < -0.4 is 5.32 Å². The number of thiazole rings is 1. The molecule has 1 aromatic heterocycles. The summed E-state index contributed by atoms with van der Waals surface area (Å²) in [4.78, 5) is 18.7. The molecule has 0 radical (unpaired) electrons. The second-order valence-electron chi connectivity index (χ2n) is 6.66. The zero-order valence-corrected chi connectivity index (χ0v) is 16.2. The fourth-order valence-electron chi connectivity index (χ4n) is 2.52. The molecule has 1 N–H and O–H groups in total. The Bertz CT molecular complexity index is 670. The van der Waals surface area contributed by atoms with Gasteiger partial charge in [0, 0.05) is 18.5 Å². The molecular weight excluding hydrogens is 334 g/mol. The summed E-state index contributed by atoms with van der Waals surface area (Å²) in [6.07, 6.45) is 1.03. The molecule has 1 heterocycles. The molecule has 0 aliphatic carbocycles. The van der Waals surface area contributed by atoms with Crippen LogP contribution >= 0.6 is 11.3 Å². The molecule has 0 aliphatic heterocycles. The number of hydrogen-bond donors (Lipinski definition) is 1. The predicted molar refractivity (Wildman–Crippen MR) is 103 cm³/mol. The number of esters is 1. The van der Waals surface area contributed by atoms with Crippen LogP contribution in [0.25, 0.3) is 0 Å². The highest BCUT2D eigenvalue weighted by Gasteiger charge is 2.33. The Balaban J connectivity index is 1.74. The van der Waals surface area contributed by atoms with Gasteiger partial charge in [-0.25, -0.2) is 4.98 Å². The smallest absolute Gasteiger partial charge is 0.317 e. The highest BCUT2D eigenvalue weighted by atomic mass is 32.1. The Morgan fingerprint density at radius 3 is 2.72 bits per heavy atom. The monoisotopic (exact) mass is 361 g/mol. The minimum absolute atomic E-state index is 0.271. The Morgan fingerprint density at radius 1 is 1.32 bits per heavy atom. The van der Waals surface area contributed by atoms with Gasteiger partial charge in [-0.2, -0.15) is 0 Å². The Morgan fingerprint density at radius 2 is 2.04 bits per heavy atom. The summed E-state index contributed by atoms with van der Waals surface area (Å²) in [7, 11) is 3.54. The molecule has 0 amide bonds. The molecule has 0 spiro atoms. The van der Waals surface area contributed by atoms with Gasteiger partial charge in [-0.15, -0.1) is 11.3 Å². The molecule has 0 atom stereocenters. The second-order valence-corrected chi connectivity index (χ2v) is 7.52. The van der Waals surface area contributed by atoms with E-state index >= 15 is 0 Å². The third-order valence-corrected chi connectivity index (χ3v) is 4.93. The normalized spacial score (nSPS) is 11.6. The molecular formula is C19H27N3O2S. The van der Waals surface area contributed by atoms with E-state index in [1.165, 1.54) is 24.0 Å². The predicted octanol–water partition coefficient (Wildman–Crippen LogP) is 3.53. The number of carbonyl (C=O) groups excluding carboxylic acids is 1. The van der Waals surface area contributed by atoms with E-state index in [-0.39, 0.29) is 5.97 Å². The summed E-state index contributed by atoms with van der Waals surface area (Å²) < 4.78 is 4.85. The van der Waals surface area contributed by atoms with Crippen molar-refractivity contribution < 1.29 is 9.53 Å². The molecule has 25 heavy (non-hydrogen) atoms. The highest BCUT2D eigenvalue weighted by Crippen LogP contribution is 2.28. The molecule has 6 heteroatoms. The minimum atomic E-state index is -0.721. The average molecular weight is 362 g/mol. The molecule has 0 saturated heterocycles. The number of rotatable bonds is 9. The Hall–Kier alpha value is -1.92. The number of aromatic nitrogens is 1. The van der Waals surface area contributed by atoms with Crippen molar-refractivity contribution in [3.8, 4) is 0 Å². The van der Waals surface area contributed by atoms with Crippen LogP contribution in [-0.2, 0) is 21.5 Å². The van der Waals surface area contributed by atoms with E-state index in [9.17, 15) is 4.79 Å². The van der Waals surface area contributed by atoms with E-state index in [0.29, 0.717) is 0 Å². The van der Waals surface area contributed by atoms with Crippen molar-refractivity contribution in [2.24, 2.45) is 0 Å². The number of anilines is 1. The van der Waals surface area contributed by atoms with Crippen LogP contribution in [-0.4, -0.2) is 43.1 Å². The van der Waals surface area contributed by atoms with Gasteiger partial charge in [0.1, 0.15) is 5.41 Å². The first-order valence-electron chi connectivity index (χ1n) is 8.44. The van der Waals surface area contributed by atoms with Gasteiger partial charge in [0.05, 0.1) is 12.8 Å². The first kappa shape index (κ1) is 19.4. The van der Waals surface area contributed by atoms with Crippen molar-refractivity contribution in [2.75, 3.05) is 32.6 Å². The summed E-state index contributed by atoms with van der Waals surface area (Å²) in [5, 5.41) is 6.10. The molecule has 2 aromatic rings. The summed E-state index contributed by atoms with van der Waals surface area (Å²) in [6, 6.07) is 10.5. The molecule has 0 saturated carbocycles. The lowest BCUT2D eigenvalue weighted by Crippen LogP contribution is -2.30. The molecule has 1 aromatic carbocycles. The molecule has 136 valence electrons. The molecule has 0 fully saturated rings. The number of nitrogens with one attached hydrogen (secondary N) is 1. The van der Waals surface area contributed by atoms with Gasteiger partial charge >= 0.3 is 5.97 Å². The quantitative estimate of drug-likeness (QED) is 0.547. The zero-order chi connectivity index (χ0) is 18.3. The Kier molecular flexibility index (Phi) is 6.96. The lowest BCUT2D eigenvalue weighted by Gasteiger charge is -2.18. The van der Waals surface area contributed by atoms with E-state index in [0.717, 1.165) is 36.9 Å². The van der Waals surface area contributed by atoms with E-state index < -0.39 is 5.41 Å². The summed E-state index contributed by atoms with van der Waals surface area (Å²) in [5.74, 6) is -0.271. The van der Waals surface area contributed by atoms with Gasteiger partial charge in [-0.1, -0.05) is 30.3 Å². The fourth-order valence-corrected chi connectivity index (χ4v) is 3.43. The van der Waals surface area contributed by atoms with E-state index in [1.54, 1.807) is 0 Å². The van der Waals surface area contributed by atoms with Gasteiger partial charge in [0.25, 0.3) is 0 Å². The van der Waals surface area contributed by atoms with Gasteiger partial charge < -0.3 is 15.0 Å². The summed E-state index contributed by atoms with van der Waals surface area (Å²) in [5.41, 5.74) is 1.35. The van der Waals surface area contributed by atoms with Crippen LogP contribution in [0.1, 0.15) is 31.5 Å². The maximum Gasteiger partial charge on any atom is 0.317 e. The van der Waals surface area contributed by atoms with Crippen LogP contribution in [0.2, 0.25) is 0 Å². The SMILES string of the molecule is COC(=O)C(C)(C)c1csc(NCCCN(C)Cc2ccccc2)n1. The average Bonchev–Trinajstić information content (AvgIpc) is 3.08. The van der Waals surface area contributed by atoms with Crippen molar-refractivity contribution in [2.45, 2.75) is 32.2 Å². The van der Waals surface area contributed by atoms with Crippen molar-refractivity contribution in [1.82, 2.24) is 9.88 Å². The number of methoxy groups -OCH3 is 1. The number of hydrogen-bond acceptors (Lipinski definition) is 6. The number of nitrogens with zero attached hydrogens (tertiary/aromatic N) is 2. The van der Waals surface area contributed by atoms with Crippen LogP contribution in [0, 0.1) is 0 Å². The molecule has 0 aliphatic rings. The van der Waals surface area contributed by atoms with Crippen molar-refractivity contribution >= 4 is 22.4 Å². The van der Waals surface area contributed by atoms with Crippen molar-refractivity contribution in [3.63, 3.8) is 0 Å². The summed E-state index contributed by atoms with van der Waals surface area (Å²) in [6.45, 7) is 6.47. The zero-order valence-electron chi connectivity index (χ0n) is 15.4. The van der Waals surface area contributed by atoms with Crippen LogP contribution in [0.4, 0.5) is 5.13 Å². The van der Waals surface area contributed by atoms with E-state index in [4.69, 9.17) is 4.74 Å². The Labute approximate surface area is 154 Å². The summed E-state index contributed by atoms with van der Waals surface area (Å²) >= 11 is 1.52.